The first kappa shape index (κ1) is 12.8. The maximum Gasteiger partial charge on any atom is 0.315 e. The van der Waals surface area contributed by atoms with E-state index in [0.717, 1.165) is 19.3 Å². The van der Waals surface area contributed by atoms with Crippen molar-refractivity contribution in [2.45, 2.75) is 45.1 Å². The highest BCUT2D eigenvalue weighted by atomic mass is 16.4. The third-order valence-corrected chi connectivity index (χ3v) is 2.91. The third-order valence-electron chi connectivity index (χ3n) is 2.91. The Morgan fingerprint density at radius 3 is 2.50 bits per heavy atom. The molecule has 92 valence electrons. The second-order valence-corrected chi connectivity index (χ2v) is 4.72. The van der Waals surface area contributed by atoms with E-state index in [1.165, 1.54) is 0 Å². The van der Waals surface area contributed by atoms with Crippen LogP contribution in [0.25, 0.3) is 0 Å². The van der Waals surface area contributed by atoms with Crippen molar-refractivity contribution < 1.29 is 14.7 Å². The van der Waals surface area contributed by atoms with Gasteiger partial charge in [0, 0.05) is 12.1 Å². The lowest BCUT2D eigenvalue weighted by Gasteiger charge is -2.15. The van der Waals surface area contributed by atoms with E-state index in [0.29, 0.717) is 6.42 Å². The van der Waals surface area contributed by atoms with E-state index in [9.17, 15) is 9.59 Å². The molecule has 3 N–H and O–H groups in total. The van der Waals surface area contributed by atoms with Crippen molar-refractivity contribution in [2.75, 3.05) is 6.54 Å². The van der Waals surface area contributed by atoms with Crippen LogP contribution in [0.15, 0.2) is 0 Å². The number of carboxylic acid groups (broad SMARTS) is 1. The second-order valence-electron chi connectivity index (χ2n) is 4.72. The number of urea groups is 1. The summed E-state index contributed by atoms with van der Waals surface area (Å²) in [6.07, 6.45) is 3.39. The lowest BCUT2D eigenvalue weighted by molar-refractivity contribution is -0.141. The van der Waals surface area contributed by atoms with E-state index in [1.807, 2.05) is 13.8 Å². The van der Waals surface area contributed by atoms with Crippen LogP contribution in [0, 0.1) is 5.92 Å². The monoisotopic (exact) mass is 228 g/mol. The van der Waals surface area contributed by atoms with Crippen LogP contribution in [0.5, 0.6) is 0 Å². The Balaban J connectivity index is 2.25. The first-order valence-corrected chi connectivity index (χ1v) is 5.75. The van der Waals surface area contributed by atoms with Crippen LogP contribution in [0.2, 0.25) is 0 Å². The number of amides is 2. The molecule has 0 saturated heterocycles. The zero-order valence-electron chi connectivity index (χ0n) is 9.88. The summed E-state index contributed by atoms with van der Waals surface area (Å²) in [5, 5.41) is 14.3. The second kappa shape index (κ2) is 5.18. The van der Waals surface area contributed by atoms with Gasteiger partial charge in [-0.1, -0.05) is 13.3 Å². The molecule has 0 bridgehead atoms. The van der Waals surface area contributed by atoms with E-state index in [4.69, 9.17) is 5.11 Å². The van der Waals surface area contributed by atoms with Crippen molar-refractivity contribution in [3.63, 3.8) is 0 Å². The quantitative estimate of drug-likeness (QED) is 0.642. The minimum absolute atomic E-state index is 0.0619. The van der Waals surface area contributed by atoms with Crippen LogP contribution in [0.1, 0.15) is 39.5 Å². The van der Waals surface area contributed by atoms with E-state index in [-0.39, 0.29) is 18.1 Å². The molecule has 1 atom stereocenters. The topological polar surface area (TPSA) is 78.4 Å². The molecular weight excluding hydrogens is 208 g/mol. The summed E-state index contributed by atoms with van der Waals surface area (Å²) >= 11 is 0. The number of hydrogen-bond donors (Lipinski definition) is 3. The molecule has 1 unspecified atom stereocenters. The van der Waals surface area contributed by atoms with Gasteiger partial charge in [0.1, 0.15) is 0 Å². The summed E-state index contributed by atoms with van der Waals surface area (Å²) < 4.78 is 0. The van der Waals surface area contributed by atoms with Gasteiger partial charge < -0.3 is 15.7 Å². The standard InChI is InChI=1S/C11H20N2O3/c1-3-4-8(9(14)15)7-12-10(16)13-11(2)5-6-11/h8H,3-7H2,1-2H3,(H,14,15)(H2,12,13,16). The first-order chi connectivity index (χ1) is 7.47. The van der Waals surface area contributed by atoms with Gasteiger partial charge >= 0.3 is 12.0 Å². The van der Waals surface area contributed by atoms with Crippen molar-refractivity contribution in [3.8, 4) is 0 Å². The molecule has 1 saturated carbocycles. The van der Waals surface area contributed by atoms with Crippen molar-refractivity contribution in [1.29, 1.82) is 0 Å². The highest BCUT2D eigenvalue weighted by Gasteiger charge is 2.38. The molecule has 0 radical (unpaired) electrons. The Bertz CT molecular complexity index is 274. The highest BCUT2D eigenvalue weighted by Crippen LogP contribution is 2.33. The summed E-state index contributed by atoms with van der Waals surface area (Å²) in [4.78, 5) is 22.2. The molecule has 0 heterocycles. The fourth-order valence-electron chi connectivity index (χ4n) is 1.51. The zero-order valence-corrected chi connectivity index (χ0v) is 9.88. The van der Waals surface area contributed by atoms with Crippen LogP contribution >= 0.6 is 0 Å². The molecule has 0 aliphatic heterocycles. The van der Waals surface area contributed by atoms with Gasteiger partial charge in [-0.25, -0.2) is 4.79 Å². The molecule has 1 aliphatic carbocycles. The molecule has 0 spiro atoms. The van der Waals surface area contributed by atoms with Gasteiger partial charge in [0.15, 0.2) is 0 Å². The Hall–Kier alpha value is -1.26. The number of carboxylic acids is 1. The normalized spacial score (nSPS) is 18.6. The Labute approximate surface area is 95.6 Å². The summed E-state index contributed by atoms with van der Waals surface area (Å²) in [5.41, 5.74) is -0.0619. The Kier molecular flexibility index (Phi) is 4.15. The molecule has 1 aliphatic rings. The molecule has 2 amide bonds. The van der Waals surface area contributed by atoms with Crippen molar-refractivity contribution in [3.05, 3.63) is 0 Å². The fraction of sp³-hybridized carbons (Fsp3) is 0.818. The molecule has 1 fully saturated rings. The van der Waals surface area contributed by atoms with Crippen LogP contribution in [-0.4, -0.2) is 29.2 Å². The largest absolute Gasteiger partial charge is 0.481 e. The molecular formula is C11H20N2O3. The maximum atomic E-state index is 11.4. The van der Waals surface area contributed by atoms with E-state index in [2.05, 4.69) is 10.6 Å². The van der Waals surface area contributed by atoms with Crippen LogP contribution in [0.4, 0.5) is 4.79 Å². The summed E-state index contributed by atoms with van der Waals surface area (Å²) in [6.45, 7) is 4.11. The molecule has 5 nitrogen and oxygen atoms in total. The SMILES string of the molecule is CCCC(CNC(=O)NC1(C)CC1)C(=O)O. The number of aliphatic carboxylic acids is 1. The highest BCUT2D eigenvalue weighted by molar-refractivity contribution is 5.76. The lowest BCUT2D eigenvalue weighted by atomic mass is 10.0. The number of nitrogens with one attached hydrogen (secondary N) is 2. The van der Waals surface area contributed by atoms with Crippen LogP contribution < -0.4 is 10.6 Å². The molecule has 5 heteroatoms. The van der Waals surface area contributed by atoms with Crippen molar-refractivity contribution in [2.24, 2.45) is 5.92 Å². The summed E-state index contributed by atoms with van der Waals surface area (Å²) in [7, 11) is 0. The van der Waals surface area contributed by atoms with Gasteiger partial charge in [-0.3, -0.25) is 4.79 Å². The summed E-state index contributed by atoms with van der Waals surface area (Å²) in [6, 6.07) is -0.262. The van der Waals surface area contributed by atoms with Crippen LogP contribution in [0.3, 0.4) is 0 Å². The van der Waals surface area contributed by atoms with Crippen molar-refractivity contribution in [1.82, 2.24) is 10.6 Å². The minimum Gasteiger partial charge on any atom is -0.481 e. The Morgan fingerprint density at radius 2 is 2.06 bits per heavy atom. The third kappa shape index (κ3) is 4.08. The first-order valence-electron chi connectivity index (χ1n) is 5.75. The van der Waals surface area contributed by atoms with Gasteiger partial charge in [0.05, 0.1) is 5.92 Å². The predicted octanol–water partition coefficient (Wildman–Crippen LogP) is 1.34. The average Bonchev–Trinajstić information content (AvgIpc) is 2.90. The van der Waals surface area contributed by atoms with Gasteiger partial charge in [0.25, 0.3) is 0 Å². The Morgan fingerprint density at radius 1 is 1.44 bits per heavy atom. The van der Waals surface area contributed by atoms with E-state index >= 15 is 0 Å². The number of rotatable bonds is 6. The molecule has 16 heavy (non-hydrogen) atoms. The smallest absolute Gasteiger partial charge is 0.315 e. The van der Waals surface area contributed by atoms with E-state index in [1.54, 1.807) is 0 Å². The molecule has 0 aromatic rings. The molecule has 0 aromatic heterocycles. The molecule has 0 aromatic carbocycles. The number of carbonyl (C=O) groups excluding carboxylic acids is 1. The van der Waals surface area contributed by atoms with Gasteiger partial charge in [0.2, 0.25) is 0 Å². The van der Waals surface area contributed by atoms with Gasteiger partial charge in [-0.05, 0) is 26.2 Å². The van der Waals surface area contributed by atoms with Gasteiger partial charge in [-0.2, -0.15) is 0 Å². The predicted molar refractivity (Wildman–Crippen MR) is 60.2 cm³/mol. The van der Waals surface area contributed by atoms with Crippen molar-refractivity contribution >= 4 is 12.0 Å². The fourth-order valence-corrected chi connectivity index (χ4v) is 1.51. The van der Waals surface area contributed by atoms with Gasteiger partial charge in [-0.15, -0.1) is 0 Å². The van der Waals surface area contributed by atoms with Crippen LogP contribution in [-0.2, 0) is 4.79 Å². The zero-order chi connectivity index (χ0) is 12.2. The average molecular weight is 228 g/mol. The maximum absolute atomic E-state index is 11.4. The lowest BCUT2D eigenvalue weighted by Crippen LogP contribution is -2.44. The van der Waals surface area contributed by atoms with E-state index < -0.39 is 11.9 Å². The molecule has 1 rings (SSSR count). The minimum atomic E-state index is -0.847. The summed E-state index contributed by atoms with van der Waals surface area (Å²) in [5.74, 6) is -1.33. The number of hydrogen-bond acceptors (Lipinski definition) is 2. The number of carbonyl (C=O) groups is 2.